The molecule has 2 N–H and O–H groups in total. The molecule has 0 aromatic carbocycles. The fraction of sp³-hybridized carbons (Fsp3) is 1.00. The summed E-state index contributed by atoms with van der Waals surface area (Å²) >= 11 is 0. The van der Waals surface area contributed by atoms with Gasteiger partial charge in [0.15, 0.2) is 0 Å². The number of hydrogen-bond donors (Lipinski definition) is 1. The van der Waals surface area contributed by atoms with E-state index >= 15 is 0 Å². The third-order valence-electron chi connectivity index (χ3n) is 3.68. The topological polar surface area (TPSA) is 46.3 Å². The van der Waals surface area contributed by atoms with Crippen molar-refractivity contribution in [2.75, 3.05) is 31.1 Å². The predicted molar refractivity (Wildman–Crippen MR) is 64.2 cm³/mol. The van der Waals surface area contributed by atoms with Gasteiger partial charge in [-0.05, 0) is 31.6 Å². The Hall–Kier alpha value is 0.0700. The van der Waals surface area contributed by atoms with E-state index in [0.29, 0.717) is 6.04 Å². The van der Waals surface area contributed by atoms with Crippen molar-refractivity contribution in [3.63, 3.8) is 0 Å². The molecule has 1 saturated heterocycles. The molecule has 15 heavy (non-hydrogen) atoms. The molecule has 1 aliphatic heterocycles. The first-order valence-corrected chi connectivity index (χ1v) is 7.56. The molecule has 88 valence electrons. The molecule has 4 heteroatoms. The quantitative estimate of drug-likeness (QED) is 0.754. The molecule has 2 fully saturated rings. The summed E-state index contributed by atoms with van der Waals surface area (Å²) in [6.45, 7) is 3.29. The summed E-state index contributed by atoms with van der Waals surface area (Å²) in [5.41, 5.74) is 5.89. The summed E-state index contributed by atoms with van der Waals surface area (Å²) in [4.78, 5) is 2.49. The Morgan fingerprint density at radius 3 is 2.33 bits per heavy atom. The average molecular weight is 230 g/mol. The van der Waals surface area contributed by atoms with Crippen LogP contribution in [0.3, 0.4) is 0 Å². The van der Waals surface area contributed by atoms with Crippen molar-refractivity contribution >= 4 is 10.8 Å². The highest BCUT2D eigenvalue weighted by atomic mass is 32.2. The Morgan fingerprint density at radius 1 is 1.13 bits per heavy atom. The fourth-order valence-corrected chi connectivity index (χ4v) is 3.72. The van der Waals surface area contributed by atoms with Gasteiger partial charge in [-0.1, -0.05) is 0 Å². The molecule has 1 aliphatic carbocycles. The van der Waals surface area contributed by atoms with Crippen LogP contribution in [-0.4, -0.2) is 46.3 Å². The third-order valence-corrected chi connectivity index (χ3v) is 4.95. The summed E-state index contributed by atoms with van der Waals surface area (Å²) in [7, 11) is -0.535. The lowest BCUT2D eigenvalue weighted by Gasteiger charge is -2.33. The molecule has 0 radical (unpaired) electrons. The lowest BCUT2D eigenvalue weighted by atomic mass is 9.86. The highest BCUT2D eigenvalue weighted by Gasteiger charge is 2.22. The molecular formula is C11H22N2OS. The Balaban J connectivity index is 1.70. The van der Waals surface area contributed by atoms with Gasteiger partial charge < -0.3 is 10.6 Å². The Morgan fingerprint density at radius 2 is 1.73 bits per heavy atom. The largest absolute Gasteiger partial charge is 0.328 e. The van der Waals surface area contributed by atoms with Crippen molar-refractivity contribution in [3.05, 3.63) is 0 Å². The summed E-state index contributed by atoms with van der Waals surface area (Å²) in [6, 6.07) is 0.454. The predicted octanol–water partition coefficient (Wildman–Crippen LogP) is 0.568. The maximum atomic E-state index is 11.2. The maximum absolute atomic E-state index is 11.2. The minimum atomic E-state index is -0.535. The van der Waals surface area contributed by atoms with Crippen LogP contribution in [-0.2, 0) is 10.8 Å². The smallest absolute Gasteiger partial charge is 0.0363 e. The van der Waals surface area contributed by atoms with Crippen LogP contribution < -0.4 is 5.73 Å². The Bertz CT molecular complexity index is 217. The summed E-state index contributed by atoms with van der Waals surface area (Å²) < 4.78 is 11.2. The first kappa shape index (κ1) is 11.6. The van der Waals surface area contributed by atoms with Gasteiger partial charge in [0, 0.05) is 48.0 Å². The zero-order valence-corrected chi connectivity index (χ0v) is 10.2. The number of rotatable bonds is 2. The van der Waals surface area contributed by atoms with Gasteiger partial charge >= 0.3 is 0 Å². The maximum Gasteiger partial charge on any atom is 0.0363 e. The van der Waals surface area contributed by atoms with E-state index in [1.165, 1.54) is 32.2 Å². The van der Waals surface area contributed by atoms with Crippen molar-refractivity contribution in [2.24, 2.45) is 11.7 Å². The highest BCUT2D eigenvalue weighted by Crippen LogP contribution is 2.24. The molecule has 0 atom stereocenters. The second-order valence-corrected chi connectivity index (χ2v) is 6.63. The van der Waals surface area contributed by atoms with Crippen LogP contribution in [0.25, 0.3) is 0 Å². The molecule has 0 bridgehead atoms. The van der Waals surface area contributed by atoms with Crippen molar-refractivity contribution in [1.29, 1.82) is 0 Å². The lowest BCUT2D eigenvalue weighted by Crippen LogP contribution is -2.41. The van der Waals surface area contributed by atoms with Crippen LogP contribution >= 0.6 is 0 Å². The summed E-state index contributed by atoms with van der Waals surface area (Å²) in [6.07, 6.45) is 4.98. The molecule has 0 aromatic rings. The van der Waals surface area contributed by atoms with E-state index in [1.54, 1.807) is 0 Å². The van der Waals surface area contributed by atoms with Crippen LogP contribution in [0.5, 0.6) is 0 Å². The molecule has 1 saturated carbocycles. The van der Waals surface area contributed by atoms with Crippen molar-refractivity contribution in [3.8, 4) is 0 Å². The van der Waals surface area contributed by atoms with Crippen molar-refractivity contribution in [1.82, 2.24) is 4.90 Å². The zero-order valence-electron chi connectivity index (χ0n) is 9.36. The van der Waals surface area contributed by atoms with E-state index < -0.39 is 10.8 Å². The highest BCUT2D eigenvalue weighted by molar-refractivity contribution is 7.85. The van der Waals surface area contributed by atoms with E-state index in [9.17, 15) is 4.21 Å². The number of nitrogens with two attached hydrogens (primary N) is 1. The molecular weight excluding hydrogens is 208 g/mol. The first-order chi connectivity index (χ1) is 7.24. The SMILES string of the molecule is NC1CCC(CN2CCS(=O)CC2)CC1. The van der Waals surface area contributed by atoms with Crippen LogP contribution in [0.15, 0.2) is 0 Å². The van der Waals surface area contributed by atoms with Gasteiger partial charge in [-0.3, -0.25) is 4.21 Å². The zero-order chi connectivity index (χ0) is 10.7. The fourth-order valence-electron chi connectivity index (χ4n) is 2.59. The van der Waals surface area contributed by atoms with Crippen LogP contribution in [0.1, 0.15) is 25.7 Å². The van der Waals surface area contributed by atoms with Crippen LogP contribution in [0, 0.1) is 5.92 Å². The van der Waals surface area contributed by atoms with Gasteiger partial charge in [0.2, 0.25) is 0 Å². The number of nitrogens with zero attached hydrogens (tertiary/aromatic N) is 1. The molecule has 3 nitrogen and oxygen atoms in total. The van der Waals surface area contributed by atoms with Gasteiger partial charge in [-0.15, -0.1) is 0 Å². The normalized spacial score (nSPS) is 35.5. The van der Waals surface area contributed by atoms with Gasteiger partial charge in [0.25, 0.3) is 0 Å². The molecule has 0 unspecified atom stereocenters. The van der Waals surface area contributed by atoms with Gasteiger partial charge in [-0.2, -0.15) is 0 Å². The minimum absolute atomic E-state index is 0.454. The number of hydrogen-bond acceptors (Lipinski definition) is 3. The molecule has 0 aromatic heterocycles. The molecule has 0 amide bonds. The van der Waals surface area contributed by atoms with Gasteiger partial charge in [0.05, 0.1) is 0 Å². The Labute approximate surface area is 94.9 Å². The van der Waals surface area contributed by atoms with Gasteiger partial charge in [0.1, 0.15) is 0 Å². The monoisotopic (exact) mass is 230 g/mol. The first-order valence-electron chi connectivity index (χ1n) is 6.07. The molecule has 2 rings (SSSR count). The summed E-state index contributed by atoms with van der Waals surface area (Å²) in [5.74, 6) is 2.61. The summed E-state index contributed by atoms with van der Waals surface area (Å²) in [5, 5.41) is 0. The van der Waals surface area contributed by atoms with E-state index in [2.05, 4.69) is 4.90 Å². The van der Waals surface area contributed by atoms with Gasteiger partial charge in [-0.25, -0.2) is 0 Å². The van der Waals surface area contributed by atoms with E-state index in [0.717, 1.165) is 30.5 Å². The standard InChI is InChI=1S/C11H22N2OS/c12-11-3-1-10(2-4-11)9-13-5-7-15(14)8-6-13/h10-11H,1-9,12H2. The second-order valence-electron chi connectivity index (χ2n) is 4.93. The molecule has 0 spiro atoms. The van der Waals surface area contributed by atoms with Crippen LogP contribution in [0.2, 0.25) is 0 Å². The third kappa shape index (κ3) is 3.54. The minimum Gasteiger partial charge on any atom is -0.328 e. The molecule has 1 heterocycles. The average Bonchev–Trinajstić information content (AvgIpc) is 2.25. The lowest BCUT2D eigenvalue weighted by molar-refractivity contribution is 0.207. The molecule has 2 aliphatic rings. The second kappa shape index (κ2) is 5.41. The van der Waals surface area contributed by atoms with E-state index in [1.807, 2.05) is 0 Å². The van der Waals surface area contributed by atoms with Crippen molar-refractivity contribution < 1.29 is 4.21 Å². The van der Waals surface area contributed by atoms with E-state index in [4.69, 9.17) is 5.73 Å². The van der Waals surface area contributed by atoms with Crippen molar-refractivity contribution in [2.45, 2.75) is 31.7 Å². The van der Waals surface area contributed by atoms with E-state index in [-0.39, 0.29) is 0 Å². The van der Waals surface area contributed by atoms with Crippen LogP contribution in [0.4, 0.5) is 0 Å². The Kier molecular flexibility index (Phi) is 4.17.